The van der Waals surface area contributed by atoms with E-state index >= 15 is 0 Å². The van der Waals surface area contributed by atoms with E-state index in [9.17, 15) is 0 Å². The molecule has 0 amide bonds. The van der Waals surface area contributed by atoms with Crippen molar-refractivity contribution in [1.29, 1.82) is 0 Å². The summed E-state index contributed by atoms with van der Waals surface area (Å²) in [7, 11) is 0. The van der Waals surface area contributed by atoms with Crippen LogP contribution in [0.15, 0.2) is 53.4 Å². The summed E-state index contributed by atoms with van der Waals surface area (Å²) in [6.07, 6.45) is 5.86. The minimum atomic E-state index is 0.836. The number of fused-ring (bicyclic) bond motifs is 1. The van der Waals surface area contributed by atoms with Gasteiger partial charge >= 0.3 is 0 Å². The number of nitrogens with one attached hydrogen (secondary N) is 1. The molecule has 1 aromatic carbocycles. The van der Waals surface area contributed by atoms with E-state index in [-0.39, 0.29) is 0 Å². The molecule has 2 heterocycles. The third-order valence-electron chi connectivity index (χ3n) is 3.53. The fraction of sp³-hybridized carbons (Fsp3) is 0.235. The number of rotatable bonds is 5. The molecule has 0 radical (unpaired) electrons. The van der Waals surface area contributed by atoms with Crippen molar-refractivity contribution in [2.75, 3.05) is 6.54 Å². The first-order valence-corrected chi connectivity index (χ1v) is 7.93. The highest BCUT2D eigenvalue weighted by Gasteiger charge is 2.04. The number of aromatic nitrogens is 2. The lowest BCUT2D eigenvalue weighted by Crippen LogP contribution is -2.11. The topological polar surface area (TPSA) is 29.9 Å². The zero-order valence-corrected chi connectivity index (χ0v) is 13.6. The summed E-state index contributed by atoms with van der Waals surface area (Å²) in [4.78, 5) is 4.22. The Hall–Kier alpha value is -1.65. The largest absolute Gasteiger partial charge is 0.343 e. The van der Waals surface area contributed by atoms with Gasteiger partial charge in [0.15, 0.2) is 0 Å². The molecule has 3 aromatic rings. The lowest BCUT2D eigenvalue weighted by Gasteiger charge is -2.07. The zero-order chi connectivity index (χ0) is 14.7. The summed E-state index contributed by atoms with van der Waals surface area (Å²) in [5.41, 5.74) is 3.78. The fourth-order valence-corrected chi connectivity index (χ4v) is 2.92. The molecular formula is C17H18BrN3. The Balaban J connectivity index is 1.86. The van der Waals surface area contributed by atoms with Crippen LogP contribution in [0.1, 0.15) is 18.1 Å². The van der Waals surface area contributed by atoms with E-state index in [1.807, 2.05) is 12.4 Å². The first-order valence-electron chi connectivity index (χ1n) is 7.14. The van der Waals surface area contributed by atoms with Gasteiger partial charge in [0, 0.05) is 41.7 Å². The van der Waals surface area contributed by atoms with Crippen LogP contribution in [0.2, 0.25) is 0 Å². The van der Waals surface area contributed by atoms with E-state index in [2.05, 4.69) is 74.3 Å². The van der Waals surface area contributed by atoms with Crippen LogP contribution in [0.4, 0.5) is 0 Å². The van der Waals surface area contributed by atoms with Gasteiger partial charge in [0.25, 0.3) is 0 Å². The first kappa shape index (κ1) is 14.3. The van der Waals surface area contributed by atoms with Gasteiger partial charge < -0.3 is 9.88 Å². The average molecular weight is 344 g/mol. The van der Waals surface area contributed by atoms with Crippen LogP contribution < -0.4 is 5.32 Å². The number of pyridine rings is 1. The van der Waals surface area contributed by atoms with Gasteiger partial charge in [-0.05, 0) is 63.3 Å². The normalized spacial score (nSPS) is 11.1. The lowest BCUT2D eigenvalue weighted by atomic mass is 10.1. The lowest BCUT2D eigenvalue weighted by molar-refractivity contribution is 0.727. The van der Waals surface area contributed by atoms with Crippen molar-refractivity contribution in [3.8, 4) is 0 Å². The molecule has 0 unspecified atom stereocenters. The highest BCUT2D eigenvalue weighted by atomic mass is 79.9. The van der Waals surface area contributed by atoms with E-state index in [1.165, 1.54) is 22.0 Å². The second kappa shape index (κ2) is 6.41. The smallest absolute Gasteiger partial charge is 0.0491 e. The Kier molecular flexibility index (Phi) is 4.36. The highest BCUT2D eigenvalue weighted by molar-refractivity contribution is 9.10. The van der Waals surface area contributed by atoms with Gasteiger partial charge in [-0.2, -0.15) is 0 Å². The minimum Gasteiger partial charge on any atom is -0.343 e. The minimum absolute atomic E-state index is 0.836. The summed E-state index contributed by atoms with van der Waals surface area (Å²) >= 11 is 3.47. The highest BCUT2D eigenvalue weighted by Crippen LogP contribution is 2.20. The molecule has 4 heteroatoms. The average Bonchev–Trinajstić information content (AvgIpc) is 2.87. The maximum absolute atomic E-state index is 4.22. The molecule has 0 spiro atoms. The van der Waals surface area contributed by atoms with E-state index < -0.39 is 0 Å². The van der Waals surface area contributed by atoms with Gasteiger partial charge in [-0.15, -0.1) is 0 Å². The molecule has 0 fully saturated rings. The fourth-order valence-electron chi connectivity index (χ4n) is 2.51. The van der Waals surface area contributed by atoms with Gasteiger partial charge in [0.1, 0.15) is 0 Å². The predicted molar refractivity (Wildman–Crippen MR) is 90.4 cm³/mol. The summed E-state index contributed by atoms with van der Waals surface area (Å²) < 4.78 is 3.28. The molecule has 0 aliphatic rings. The van der Waals surface area contributed by atoms with E-state index in [0.29, 0.717) is 0 Å². The van der Waals surface area contributed by atoms with Crippen LogP contribution in [-0.2, 0) is 13.1 Å². The molecule has 3 rings (SSSR count). The van der Waals surface area contributed by atoms with Gasteiger partial charge in [-0.3, -0.25) is 4.98 Å². The molecule has 0 saturated heterocycles. The van der Waals surface area contributed by atoms with Crippen molar-refractivity contribution in [1.82, 2.24) is 14.9 Å². The van der Waals surface area contributed by atoms with Crippen molar-refractivity contribution in [2.45, 2.75) is 20.0 Å². The van der Waals surface area contributed by atoms with Crippen LogP contribution >= 0.6 is 15.9 Å². The van der Waals surface area contributed by atoms with Crippen LogP contribution in [0, 0.1) is 0 Å². The number of hydrogen-bond donors (Lipinski definition) is 1. The Morgan fingerprint density at radius 3 is 2.86 bits per heavy atom. The van der Waals surface area contributed by atoms with Crippen LogP contribution in [0.3, 0.4) is 0 Å². The predicted octanol–water partition coefficient (Wildman–Crippen LogP) is 3.96. The van der Waals surface area contributed by atoms with Crippen LogP contribution in [-0.4, -0.2) is 16.1 Å². The molecular weight excluding hydrogens is 326 g/mol. The van der Waals surface area contributed by atoms with Crippen molar-refractivity contribution in [3.63, 3.8) is 0 Å². The monoisotopic (exact) mass is 343 g/mol. The third kappa shape index (κ3) is 3.34. The first-order chi connectivity index (χ1) is 10.3. The second-order valence-electron chi connectivity index (χ2n) is 5.13. The molecule has 0 atom stereocenters. The SMILES string of the molecule is CCNCc1ccc2c(ccn2Cc2cncc(Br)c2)c1. The number of hydrogen-bond acceptors (Lipinski definition) is 2. The van der Waals surface area contributed by atoms with Crippen molar-refractivity contribution in [2.24, 2.45) is 0 Å². The molecule has 2 aromatic heterocycles. The number of halogens is 1. The third-order valence-corrected chi connectivity index (χ3v) is 3.96. The van der Waals surface area contributed by atoms with Crippen molar-refractivity contribution in [3.05, 3.63) is 64.5 Å². The van der Waals surface area contributed by atoms with Gasteiger partial charge in [0.2, 0.25) is 0 Å². The van der Waals surface area contributed by atoms with E-state index in [0.717, 1.165) is 24.1 Å². The maximum atomic E-state index is 4.22. The van der Waals surface area contributed by atoms with E-state index in [4.69, 9.17) is 0 Å². The summed E-state index contributed by atoms with van der Waals surface area (Å²) in [6.45, 7) is 4.88. The maximum Gasteiger partial charge on any atom is 0.0491 e. The molecule has 1 N–H and O–H groups in total. The molecule has 3 nitrogen and oxygen atoms in total. The summed E-state index contributed by atoms with van der Waals surface area (Å²) in [5.74, 6) is 0. The Bertz CT molecular complexity index is 749. The second-order valence-corrected chi connectivity index (χ2v) is 6.04. The molecule has 108 valence electrons. The van der Waals surface area contributed by atoms with Gasteiger partial charge in [0.05, 0.1) is 0 Å². The number of benzene rings is 1. The summed E-state index contributed by atoms with van der Waals surface area (Å²) in [6, 6.07) is 10.9. The van der Waals surface area contributed by atoms with Gasteiger partial charge in [-0.1, -0.05) is 13.0 Å². The summed E-state index contributed by atoms with van der Waals surface area (Å²) in [5, 5.41) is 4.65. The molecule has 21 heavy (non-hydrogen) atoms. The van der Waals surface area contributed by atoms with Crippen molar-refractivity contribution < 1.29 is 0 Å². The molecule has 0 aliphatic carbocycles. The standard InChI is InChI=1S/C17H18BrN3/c1-2-19-9-13-3-4-17-15(7-13)5-6-21(17)12-14-8-16(18)11-20-10-14/h3-8,10-11,19H,2,9,12H2,1H3. The Morgan fingerprint density at radius 2 is 2.05 bits per heavy atom. The molecule has 0 aliphatic heterocycles. The van der Waals surface area contributed by atoms with E-state index in [1.54, 1.807) is 0 Å². The van der Waals surface area contributed by atoms with Crippen LogP contribution in [0.25, 0.3) is 10.9 Å². The quantitative estimate of drug-likeness (QED) is 0.759. The Labute approximate surface area is 133 Å². The van der Waals surface area contributed by atoms with Crippen molar-refractivity contribution >= 4 is 26.8 Å². The van der Waals surface area contributed by atoms with Gasteiger partial charge in [-0.25, -0.2) is 0 Å². The zero-order valence-electron chi connectivity index (χ0n) is 12.0. The Morgan fingerprint density at radius 1 is 1.14 bits per heavy atom. The molecule has 0 saturated carbocycles. The molecule has 0 bridgehead atoms. The van der Waals surface area contributed by atoms with Crippen LogP contribution in [0.5, 0.6) is 0 Å². The number of nitrogens with zero attached hydrogens (tertiary/aromatic N) is 2.